The van der Waals surface area contributed by atoms with Crippen LogP contribution in [0.25, 0.3) is 22.4 Å². The Bertz CT molecular complexity index is 1100. The molecule has 7 nitrogen and oxygen atoms in total. The minimum absolute atomic E-state index is 0.0269. The topological polar surface area (TPSA) is 70.1 Å². The summed E-state index contributed by atoms with van der Waals surface area (Å²) in [7, 11) is 0. The zero-order valence-corrected chi connectivity index (χ0v) is 14.3. The minimum Gasteiger partial charge on any atom is -0.370 e. The number of rotatable bonds is 2. The lowest BCUT2D eigenvalue weighted by molar-refractivity contribution is 0.105. The zero-order valence-electron chi connectivity index (χ0n) is 13.6. The average Bonchev–Trinajstić information content (AvgIpc) is 3.34. The van der Waals surface area contributed by atoms with Gasteiger partial charge in [0.05, 0.1) is 17.3 Å². The summed E-state index contributed by atoms with van der Waals surface area (Å²) in [6.07, 6.45) is 5.39. The van der Waals surface area contributed by atoms with Gasteiger partial charge in [0, 0.05) is 11.6 Å². The third kappa shape index (κ3) is 2.31. The number of nitrogens with zero attached hydrogens (tertiary/aromatic N) is 6. The quantitative estimate of drug-likeness (QED) is 0.552. The molecule has 0 radical (unpaired) electrons. The molecule has 126 valence electrons. The van der Waals surface area contributed by atoms with Crippen LogP contribution in [0.1, 0.15) is 30.3 Å². The second kappa shape index (κ2) is 5.50. The molecular formula is C17H15ClN6O. The molecule has 1 aromatic carbocycles. The summed E-state index contributed by atoms with van der Waals surface area (Å²) < 4.78 is 9.14. The van der Waals surface area contributed by atoms with Crippen molar-refractivity contribution in [3.05, 3.63) is 47.1 Å². The Morgan fingerprint density at radius 3 is 3.00 bits per heavy atom. The molecule has 0 amide bonds. The molecular weight excluding hydrogens is 340 g/mol. The Morgan fingerprint density at radius 1 is 1.28 bits per heavy atom. The van der Waals surface area contributed by atoms with Crippen LogP contribution in [-0.2, 0) is 4.74 Å². The third-order valence-electron chi connectivity index (χ3n) is 4.54. The third-order valence-corrected chi connectivity index (χ3v) is 4.95. The first-order valence-electron chi connectivity index (χ1n) is 8.18. The fourth-order valence-corrected chi connectivity index (χ4v) is 3.33. The van der Waals surface area contributed by atoms with Crippen molar-refractivity contribution in [2.75, 3.05) is 6.61 Å². The van der Waals surface area contributed by atoms with Gasteiger partial charge in [0.2, 0.25) is 0 Å². The molecule has 0 bridgehead atoms. The van der Waals surface area contributed by atoms with E-state index in [0.29, 0.717) is 10.8 Å². The van der Waals surface area contributed by atoms with Crippen LogP contribution in [0.5, 0.6) is 0 Å². The van der Waals surface area contributed by atoms with Gasteiger partial charge in [0.1, 0.15) is 12.4 Å². The molecule has 0 N–H and O–H groups in total. The number of ether oxygens (including phenoxy) is 1. The lowest BCUT2D eigenvalue weighted by Crippen LogP contribution is -2.00. The van der Waals surface area contributed by atoms with E-state index in [-0.39, 0.29) is 6.10 Å². The molecule has 5 rings (SSSR count). The molecule has 8 heteroatoms. The lowest BCUT2D eigenvalue weighted by atomic mass is 10.2. The smallest absolute Gasteiger partial charge is 0.180 e. The monoisotopic (exact) mass is 354 g/mol. The predicted molar refractivity (Wildman–Crippen MR) is 93.1 cm³/mol. The molecule has 1 aliphatic heterocycles. The number of aryl methyl sites for hydroxylation is 1. The van der Waals surface area contributed by atoms with E-state index in [4.69, 9.17) is 16.3 Å². The average molecular weight is 355 g/mol. The van der Waals surface area contributed by atoms with E-state index < -0.39 is 0 Å². The Morgan fingerprint density at radius 2 is 2.20 bits per heavy atom. The van der Waals surface area contributed by atoms with Crippen molar-refractivity contribution in [3.8, 4) is 5.69 Å². The first-order chi connectivity index (χ1) is 12.2. The minimum atomic E-state index is -0.0269. The summed E-state index contributed by atoms with van der Waals surface area (Å²) in [5.41, 5.74) is 3.34. The van der Waals surface area contributed by atoms with E-state index in [1.54, 1.807) is 21.7 Å². The normalized spacial score (nSPS) is 17.8. The molecule has 0 spiro atoms. The second-order valence-electron chi connectivity index (χ2n) is 6.21. The van der Waals surface area contributed by atoms with Crippen molar-refractivity contribution in [2.24, 2.45) is 0 Å². The van der Waals surface area contributed by atoms with Crippen LogP contribution in [0.4, 0.5) is 0 Å². The number of benzene rings is 1. The van der Waals surface area contributed by atoms with Gasteiger partial charge < -0.3 is 4.74 Å². The largest absolute Gasteiger partial charge is 0.370 e. The summed E-state index contributed by atoms with van der Waals surface area (Å²) in [6.45, 7) is 2.73. The molecule has 3 aromatic heterocycles. The summed E-state index contributed by atoms with van der Waals surface area (Å²) in [4.78, 5) is 9.18. The standard InChI is InChI=1S/C17H15ClN6O/c1-10-4-5-11(7-13(10)18)24-16-12(8-20-24)17-21-15(14-3-2-6-25-14)22-23(17)9-19-16/h4-5,7-9,14H,2-3,6H2,1H3. The van der Waals surface area contributed by atoms with Crippen LogP contribution in [0.3, 0.4) is 0 Å². The Balaban J connectivity index is 1.67. The first kappa shape index (κ1) is 14.8. The Labute approximate surface area is 148 Å². The molecule has 4 aromatic rings. The van der Waals surface area contributed by atoms with Crippen LogP contribution in [-0.4, -0.2) is 36.0 Å². The van der Waals surface area contributed by atoms with Gasteiger partial charge >= 0.3 is 0 Å². The van der Waals surface area contributed by atoms with Gasteiger partial charge in [-0.3, -0.25) is 0 Å². The van der Waals surface area contributed by atoms with Crippen LogP contribution >= 0.6 is 11.6 Å². The molecule has 0 aliphatic carbocycles. The van der Waals surface area contributed by atoms with Crippen LogP contribution in [0.15, 0.2) is 30.7 Å². The Hall–Kier alpha value is -2.51. The second-order valence-corrected chi connectivity index (χ2v) is 6.62. The van der Waals surface area contributed by atoms with Gasteiger partial charge in [0.15, 0.2) is 17.1 Å². The van der Waals surface area contributed by atoms with Crippen molar-refractivity contribution in [1.29, 1.82) is 0 Å². The molecule has 1 saturated heterocycles. The van der Waals surface area contributed by atoms with Crippen molar-refractivity contribution in [2.45, 2.75) is 25.9 Å². The number of halogens is 1. The van der Waals surface area contributed by atoms with Crippen molar-refractivity contribution >= 4 is 28.3 Å². The highest BCUT2D eigenvalue weighted by Gasteiger charge is 2.23. The molecule has 25 heavy (non-hydrogen) atoms. The number of hydrogen-bond donors (Lipinski definition) is 0. The summed E-state index contributed by atoms with van der Waals surface area (Å²) in [5.74, 6) is 0.706. The highest BCUT2D eigenvalue weighted by molar-refractivity contribution is 6.31. The van der Waals surface area contributed by atoms with Gasteiger partial charge in [-0.2, -0.15) is 5.10 Å². The fraction of sp³-hybridized carbons (Fsp3) is 0.294. The lowest BCUT2D eigenvalue weighted by Gasteiger charge is -2.05. The maximum Gasteiger partial charge on any atom is 0.180 e. The highest BCUT2D eigenvalue weighted by atomic mass is 35.5. The maximum absolute atomic E-state index is 6.25. The molecule has 1 aliphatic rings. The molecule has 4 heterocycles. The van der Waals surface area contributed by atoms with E-state index in [1.807, 2.05) is 25.1 Å². The van der Waals surface area contributed by atoms with E-state index in [2.05, 4.69) is 20.2 Å². The highest BCUT2D eigenvalue weighted by Crippen LogP contribution is 2.28. The summed E-state index contributed by atoms with van der Waals surface area (Å²) in [5, 5.41) is 10.5. The molecule has 1 fully saturated rings. The number of aromatic nitrogens is 6. The van der Waals surface area contributed by atoms with Crippen LogP contribution in [0, 0.1) is 6.92 Å². The fourth-order valence-electron chi connectivity index (χ4n) is 3.16. The molecule has 1 atom stereocenters. The summed E-state index contributed by atoms with van der Waals surface area (Å²) >= 11 is 6.25. The van der Waals surface area contributed by atoms with Gasteiger partial charge in [-0.1, -0.05) is 17.7 Å². The van der Waals surface area contributed by atoms with Crippen LogP contribution in [0.2, 0.25) is 5.02 Å². The summed E-state index contributed by atoms with van der Waals surface area (Å²) in [6, 6.07) is 5.83. The number of fused-ring (bicyclic) bond motifs is 3. The maximum atomic E-state index is 6.25. The zero-order chi connectivity index (χ0) is 17.0. The molecule has 0 saturated carbocycles. The van der Waals surface area contributed by atoms with Gasteiger partial charge in [-0.25, -0.2) is 19.2 Å². The van der Waals surface area contributed by atoms with Crippen molar-refractivity contribution in [1.82, 2.24) is 29.4 Å². The van der Waals surface area contributed by atoms with E-state index in [9.17, 15) is 0 Å². The van der Waals surface area contributed by atoms with E-state index in [1.165, 1.54) is 0 Å². The van der Waals surface area contributed by atoms with E-state index >= 15 is 0 Å². The van der Waals surface area contributed by atoms with Crippen molar-refractivity contribution < 1.29 is 4.74 Å². The number of hydrogen-bond acceptors (Lipinski definition) is 5. The van der Waals surface area contributed by atoms with Crippen LogP contribution < -0.4 is 0 Å². The SMILES string of the molecule is Cc1ccc(-n2ncc3c2ncn2nc(C4CCCO4)nc32)cc1Cl. The predicted octanol–water partition coefficient (Wildman–Crippen LogP) is 3.28. The van der Waals surface area contributed by atoms with E-state index in [0.717, 1.165) is 47.4 Å². The van der Waals surface area contributed by atoms with Gasteiger partial charge in [-0.15, -0.1) is 5.10 Å². The first-order valence-corrected chi connectivity index (χ1v) is 8.55. The van der Waals surface area contributed by atoms with Crippen molar-refractivity contribution in [3.63, 3.8) is 0 Å². The molecule has 1 unspecified atom stereocenters. The van der Waals surface area contributed by atoms with Gasteiger partial charge in [-0.05, 0) is 37.5 Å². The Kier molecular flexibility index (Phi) is 3.26. The van der Waals surface area contributed by atoms with Gasteiger partial charge in [0.25, 0.3) is 0 Å².